The van der Waals surface area contributed by atoms with Crippen molar-refractivity contribution in [2.45, 2.75) is 39.3 Å². The Bertz CT molecular complexity index is 337. The lowest BCUT2D eigenvalue weighted by Gasteiger charge is -2.25. The van der Waals surface area contributed by atoms with Gasteiger partial charge < -0.3 is 5.32 Å². The third-order valence-electron chi connectivity index (χ3n) is 3.54. The molecule has 1 atom stereocenters. The SMILES string of the molecule is CC(C)CNCC1CCCN1Cc1cccnc1. The minimum Gasteiger partial charge on any atom is -0.315 e. The van der Waals surface area contributed by atoms with Crippen LogP contribution in [0, 0.1) is 5.92 Å². The van der Waals surface area contributed by atoms with Crippen LogP contribution in [0.4, 0.5) is 0 Å². The van der Waals surface area contributed by atoms with E-state index in [-0.39, 0.29) is 0 Å². The molecule has 0 bridgehead atoms. The topological polar surface area (TPSA) is 28.2 Å². The van der Waals surface area contributed by atoms with Gasteiger partial charge in [-0.25, -0.2) is 0 Å². The summed E-state index contributed by atoms with van der Waals surface area (Å²) in [6.07, 6.45) is 6.48. The van der Waals surface area contributed by atoms with E-state index in [9.17, 15) is 0 Å². The van der Waals surface area contributed by atoms with Crippen LogP contribution in [0.5, 0.6) is 0 Å². The van der Waals surface area contributed by atoms with Crippen molar-refractivity contribution in [3.63, 3.8) is 0 Å². The van der Waals surface area contributed by atoms with Crippen LogP contribution >= 0.6 is 0 Å². The van der Waals surface area contributed by atoms with Gasteiger partial charge in [0.15, 0.2) is 0 Å². The lowest BCUT2D eigenvalue weighted by molar-refractivity contribution is 0.237. The number of rotatable bonds is 6. The summed E-state index contributed by atoms with van der Waals surface area (Å²) in [6.45, 7) is 9.03. The second-order valence-corrected chi connectivity index (χ2v) is 5.68. The molecule has 3 nitrogen and oxygen atoms in total. The van der Waals surface area contributed by atoms with Crippen molar-refractivity contribution in [3.05, 3.63) is 30.1 Å². The minimum absolute atomic E-state index is 0.698. The van der Waals surface area contributed by atoms with Gasteiger partial charge in [-0.05, 0) is 43.5 Å². The molecule has 0 radical (unpaired) electrons. The van der Waals surface area contributed by atoms with Crippen LogP contribution in [0.2, 0.25) is 0 Å². The van der Waals surface area contributed by atoms with Crippen LogP contribution in [0.1, 0.15) is 32.3 Å². The van der Waals surface area contributed by atoms with Gasteiger partial charge in [0.1, 0.15) is 0 Å². The fourth-order valence-corrected chi connectivity index (χ4v) is 2.60. The third kappa shape index (κ3) is 4.07. The fourth-order valence-electron chi connectivity index (χ4n) is 2.60. The molecule has 100 valence electrons. The molecule has 1 unspecified atom stereocenters. The Labute approximate surface area is 111 Å². The van der Waals surface area contributed by atoms with E-state index in [1.165, 1.54) is 24.9 Å². The first-order chi connectivity index (χ1) is 8.75. The summed E-state index contributed by atoms with van der Waals surface area (Å²) in [6, 6.07) is 4.89. The average Bonchev–Trinajstić information content (AvgIpc) is 2.78. The second-order valence-electron chi connectivity index (χ2n) is 5.68. The van der Waals surface area contributed by atoms with Gasteiger partial charge in [0.25, 0.3) is 0 Å². The summed E-state index contributed by atoms with van der Waals surface area (Å²) >= 11 is 0. The highest BCUT2D eigenvalue weighted by molar-refractivity contribution is 5.08. The number of aromatic nitrogens is 1. The van der Waals surface area contributed by atoms with Crippen LogP contribution in [0.3, 0.4) is 0 Å². The quantitative estimate of drug-likeness (QED) is 0.836. The molecule has 2 heterocycles. The van der Waals surface area contributed by atoms with Gasteiger partial charge in [0.2, 0.25) is 0 Å². The molecule has 1 aliphatic heterocycles. The van der Waals surface area contributed by atoms with Gasteiger partial charge in [-0.15, -0.1) is 0 Å². The number of hydrogen-bond acceptors (Lipinski definition) is 3. The Morgan fingerprint density at radius 1 is 1.50 bits per heavy atom. The zero-order valence-electron chi connectivity index (χ0n) is 11.6. The Morgan fingerprint density at radius 3 is 3.11 bits per heavy atom. The predicted octanol–water partition coefficient (Wildman–Crippen LogP) is 2.29. The minimum atomic E-state index is 0.698. The molecule has 3 heteroatoms. The summed E-state index contributed by atoms with van der Waals surface area (Å²) in [5, 5.41) is 3.59. The first-order valence-corrected chi connectivity index (χ1v) is 7.09. The molecule has 0 spiro atoms. The van der Waals surface area contributed by atoms with Crippen LogP contribution in [0.15, 0.2) is 24.5 Å². The molecular weight excluding hydrogens is 222 g/mol. The number of hydrogen-bond donors (Lipinski definition) is 1. The molecule has 0 amide bonds. The lowest BCUT2D eigenvalue weighted by Crippen LogP contribution is -2.38. The molecular formula is C15H25N3. The van der Waals surface area contributed by atoms with E-state index in [1.54, 1.807) is 0 Å². The Balaban J connectivity index is 1.80. The van der Waals surface area contributed by atoms with Crippen LogP contribution in [-0.2, 0) is 6.54 Å². The summed E-state index contributed by atoms with van der Waals surface area (Å²) < 4.78 is 0. The van der Waals surface area contributed by atoms with Crippen LogP contribution < -0.4 is 5.32 Å². The smallest absolute Gasteiger partial charge is 0.0312 e. The first-order valence-electron chi connectivity index (χ1n) is 7.09. The standard InChI is InChI=1S/C15H25N3/c1-13(2)9-17-11-15-6-4-8-18(15)12-14-5-3-7-16-10-14/h3,5,7,10,13,15,17H,4,6,8-9,11-12H2,1-2H3. The van der Waals surface area contributed by atoms with Gasteiger partial charge >= 0.3 is 0 Å². The lowest BCUT2D eigenvalue weighted by atomic mass is 10.2. The Morgan fingerprint density at radius 2 is 2.39 bits per heavy atom. The molecule has 1 aliphatic rings. The molecule has 1 fully saturated rings. The number of pyridine rings is 1. The number of nitrogens with zero attached hydrogens (tertiary/aromatic N) is 2. The molecule has 1 N–H and O–H groups in total. The maximum absolute atomic E-state index is 4.19. The maximum atomic E-state index is 4.19. The molecule has 0 aromatic carbocycles. The van der Waals surface area contributed by atoms with Gasteiger partial charge in [0.05, 0.1) is 0 Å². The van der Waals surface area contributed by atoms with Crippen LogP contribution in [-0.4, -0.2) is 35.6 Å². The van der Waals surface area contributed by atoms with Crippen molar-refractivity contribution in [2.24, 2.45) is 5.92 Å². The van der Waals surface area contributed by atoms with Crippen LogP contribution in [0.25, 0.3) is 0 Å². The van der Waals surface area contributed by atoms with Crippen molar-refractivity contribution >= 4 is 0 Å². The van der Waals surface area contributed by atoms with Gasteiger partial charge in [0, 0.05) is 31.5 Å². The number of likely N-dealkylation sites (tertiary alicyclic amines) is 1. The normalized spacial score (nSPS) is 20.7. The summed E-state index contributed by atoms with van der Waals surface area (Å²) in [5.74, 6) is 0.734. The number of nitrogens with one attached hydrogen (secondary N) is 1. The highest BCUT2D eigenvalue weighted by Crippen LogP contribution is 2.19. The molecule has 1 saturated heterocycles. The second kappa shape index (κ2) is 6.86. The molecule has 0 saturated carbocycles. The third-order valence-corrected chi connectivity index (χ3v) is 3.54. The Hall–Kier alpha value is -0.930. The van der Waals surface area contributed by atoms with E-state index >= 15 is 0 Å². The van der Waals surface area contributed by atoms with E-state index in [1.807, 2.05) is 18.5 Å². The largest absolute Gasteiger partial charge is 0.315 e. The molecule has 2 rings (SSSR count). The fraction of sp³-hybridized carbons (Fsp3) is 0.667. The van der Waals surface area contributed by atoms with E-state index in [0.717, 1.165) is 25.6 Å². The highest BCUT2D eigenvalue weighted by atomic mass is 15.2. The molecule has 18 heavy (non-hydrogen) atoms. The zero-order valence-corrected chi connectivity index (χ0v) is 11.6. The van der Waals surface area contributed by atoms with Gasteiger partial charge in [-0.3, -0.25) is 9.88 Å². The molecule has 0 aliphatic carbocycles. The Kier molecular flexibility index (Phi) is 5.14. The van der Waals surface area contributed by atoms with E-state index in [0.29, 0.717) is 6.04 Å². The van der Waals surface area contributed by atoms with Gasteiger partial charge in [-0.1, -0.05) is 19.9 Å². The van der Waals surface area contributed by atoms with Crippen molar-refractivity contribution in [1.82, 2.24) is 15.2 Å². The maximum Gasteiger partial charge on any atom is 0.0312 e. The monoisotopic (exact) mass is 247 g/mol. The van der Waals surface area contributed by atoms with Crippen molar-refractivity contribution < 1.29 is 0 Å². The average molecular weight is 247 g/mol. The van der Waals surface area contributed by atoms with Crippen molar-refractivity contribution in [2.75, 3.05) is 19.6 Å². The zero-order chi connectivity index (χ0) is 12.8. The molecule has 1 aromatic rings. The van der Waals surface area contributed by atoms with E-state index in [4.69, 9.17) is 0 Å². The highest BCUT2D eigenvalue weighted by Gasteiger charge is 2.23. The first kappa shape index (κ1) is 13.5. The summed E-state index contributed by atoms with van der Waals surface area (Å²) in [7, 11) is 0. The van der Waals surface area contributed by atoms with Gasteiger partial charge in [-0.2, -0.15) is 0 Å². The van der Waals surface area contributed by atoms with E-state index in [2.05, 4.69) is 35.1 Å². The van der Waals surface area contributed by atoms with Crippen molar-refractivity contribution in [1.29, 1.82) is 0 Å². The molecule has 1 aromatic heterocycles. The van der Waals surface area contributed by atoms with Crippen molar-refractivity contribution in [3.8, 4) is 0 Å². The summed E-state index contributed by atoms with van der Waals surface area (Å²) in [5.41, 5.74) is 1.33. The summed E-state index contributed by atoms with van der Waals surface area (Å²) in [4.78, 5) is 6.78. The predicted molar refractivity (Wildman–Crippen MR) is 75.4 cm³/mol. The van der Waals surface area contributed by atoms with E-state index < -0.39 is 0 Å².